The molecule has 33 heavy (non-hydrogen) atoms. The zero-order chi connectivity index (χ0) is 24.4. The van der Waals surface area contributed by atoms with Gasteiger partial charge in [-0.05, 0) is 60.1 Å². The second-order valence-electron chi connectivity index (χ2n) is 8.04. The Hall–Kier alpha value is -2.87. The quantitative estimate of drug-likeness (QED) is 0.622. The predicted octanol–water partition coefficient (Wildman–Crippen LogP) is 5.23. The molecule has 2 aromatic heterocycles. The van der Waals surface area contributed by atoms with Gasteiger partial charge in [-0.1, -0.05) is 47.1 Å². The topological polar surface area (TPSA) is 88.1 Å². The van der Waals surface area contributed by atoms with Crippen LogP contribution in [0.25, 0.3) is 12.2 Å². The van der Waals surface area contributed by atoms with E-state index >= 15 is 0 Å². The Morgan fingerprint density at radius 3 is 2.48 bits per heavy atom. The molecule has 0 aliphatic carbocycles. The van der Waals surface area contributed by atoms with Gasteiger partial charge in [0.2, 0.25) is 11.8 Å². The van der Waals surface area contributed by atoms with Crippen molar-refractivity contribution in [2.75, 3.05) is 18.4 Å². The molecule has 1 fully saturated rings. The zero-order valence-electron chi connectivity index (χ0n) is 20.5. The Labute approximate surface area is 201 Å². The van der Waals surface area contributed by atoms with Crippen LogP contribution < -0.4 is 5.32 Å². The number of rotatable bonds is 3. The third-order valence-corrected chi connectivity index (χ3v) is 5.81. The molecule has 0 atom stereocenters. The third-order valence-electron chi connectivity index (χ3n) is 5.31. The lowest BCUT2D eigenvalue weighted by atomic mass is 9.82. The molecular formula is C25H35N5O2S. The van der Waals surface area contributed by atoms with E-state index in [1.54, 1.807) is 23.9 Å². The number of carbonyl (C=O) groups is 2. The monoisotopic (exact) mass is 469 g/mol. The van der Waals surface area contributed by atoms with Crippen molar-refractivity contribution in [1.82, 2.24) is 19.2 Å². The van der Waals surface area contributed by atoms with Crippen molar-refractivity contribution in [3.8, 4) is 0 Å². The molecule has 1 saturated heterocycles. The van der Waals surface area contributed by atoms with E-state index in [-0.39, 0.29) is 11.8 Å². The number of fused-ring (bicyclic) bond motifs is 1. The van der Waals surface area contributed by atoms with Crippen LogP contribution in [0.15, 0.2) is 29.4 Å². The highest BCUT2D eigenvalue weighted by Crippen LogP contribution is 2.32. The first kappa shape index (κ1) is 26.4. The molecule has 0 saturated carbocycles. The number of hydrogen-bond donors (Lipinski definition) is 1. The predicted molar refractivity (Wildman–Crippen MR) is 136 cm³/mol. The summed E-state index contributed by atoms with van der Waals surface area (Å²) in [6.07, 6.45) is 9.41. The first-order valence-electron chi connectivity index (χ1n) is 11.6. The summed E-state index contributed by atoms with van der Waals surface area (Å²) in [5, 5.41) is 2.85. The van der Waals surface area contributed by atoms with Gasteiger partial charge in [-0.15, -0.1) is 0 Å². The van der Waals surface area contributed by atoms with E-state index in [1.165, 1.54) is 17.1 Å². The van der Waals surface area contributed by atoms with E-state index in [2.05, 4.69) is 19.7 Å². The number of nitrogens with zero attached hydrogens (tertiary/aromatic N) is 4. The van der Waals surface area contributed by atoms with Crippen molar-refractivity contribution < 1.29 is 9.59 Å². The van der Waals surface area contributed by atoms with E-state index in [4.69, 9.17) is 0 Å². The van der Waals surface area contributed by atoms with Crippen LogP contribution in [0.2, 0.25) is 0 Å². The van der Waals surface area contributed by atoms with Crippen LogP contribution in [0.4, 0.5) is 5.82 Å². The fourth-order valence-corrected chi connectivity index (χ4v) is 3.97. The van der Waals surface area contributed by atoms with Crippen molar-refractivity contribution in [3.63, 3.8) is 0 Å². The lowest BCUT2D eigenvalue weighted by Crippen LogP contribution is -2.37. The van der Waals surface area contributed by atoms with Gasteiger partial charge in [-0.3, -0.25) is 9.59 Å². The minimum atomic E-state index is -0.458. The summed E-state index contributed by atoms with van der Waals surface area (Å²) in [6, 6.07) is 1.99. The number of carbonyl (C=O) groups excluding carboxylic acids is 2. The summed E-state index contributed by atoms with van der Waals surface area (Å²) in [5.74, 6) is 1.36. The molecule has 8 heteroatoms. The summed E-state index contributed by atoms with van der Waals surface area (Å²) in [7, 11) is 0. The number of hydrogen-bond acceptors (Lipinski definition) is 6. The van der Waals surface area contributed by atoms with Gasteiger partial charge in [-0.2, -0.15) is 4.37 Å². The summed E-state index contributed by atoms with van der Waals surface area (Å²) in [5.41, 5.74) is 4.39. The molecule has 4 rings (SSSR count). The van der Waals surface area contributed by atoms with Gasteiger partial charge in [-0.25, -0.2) is 9.97 Å². The number of nitrogens with one attached hydrogen (secondary N) is 1. The van der Waals surface area contributed by atoms with Crippen molar-refractivity contribution in [3.05, 3.63) is 46.4 Å². The van der Waals surface area contributed by atoms with Gasteiger partial charge in [0.25, 0.3) is 0 Å². The molecular weight excluding hydrogens is 434 g/mol. The number of piperidine rings is 1. The maximum Gasteiger partial charge on any atom is 0.246 e. The normalized spacial score (nSPS) is 16.6. The minimum Gasteiger partial charge on any atom is -0.339 e. The van der Waals surface area contributed by atoms with Gasteiger partial charge in [0, 0.05) is 30.8 Å². The van der Waals surface area contributed by atoms with Crippen LogP contribution in [0.3, 0.4) is 0 Å². The largest absolute Gasteiger partial charge is 0.339 e. The number of pyridine rings is 1. The highest BCUT2D eigenvalue weighted by atomic mass is 32.1. The summed E-state index contributed by atoms with van der Waals surface area (Å²) < 4.78 is 4.20. The van der Waals surface area contributed by atoms with Crippen LogP contribution in [0, 0.1) is 5.41 Å². The summed E-state index contributed by atoms with van der Waals surface area (Å²) >= 11 is 1.34. The smallest absolute Gasteiger partial charge is 0.246 e. The first-order valence-corrected chi connectivity index (χ1v) is 12.5. The van der Waals surface area contributed by atoms with Crippen molar-refractivity contribution in [2.45, 2.75) is 60.8 Å². The first-order chi connectivity index (χ1) is 15.9. The van der Waals surface area contributed by atoms with Gasteiger partial charge < -0.3 is 10.2 Å². The Morgan fingerprint density at radius 2 is 1.85 bits per heavy atom. The SMILES string of the molecule is CC.CC.CC1(C)Cc2cc(/C=C/C(=O)N3CCC(=Cc4ncsn4)CC3)cnc2NC1=O. The molecule has 2 aliphatic rings. The van der Waals surface area contributed by atoms with Crippen molar-refractivity contribution in [2.24, 2.45) is 5.41 Å². The molecule has 0 spiro atoms. The van der Waals surface area contributed by atoms with Gasteiger partial charge in [0.1, 0.15) is 11.3 Å². The second-order valence-corrected chi connectivity index (χ2v) is 8.65. The van der Waals surface area contributed by atoms with E-state index in [9.17, 15) is 9.59 Å². The van der Waals surface area contributed by atoms with E-state index in [1.807, 2.05) is 58.6 Å². The van der Waals surface area contributed by atoms with E-state index < -0.39 is 5.41 Å². The molecule has 0 unspecified atom stereocenters. The third kappa shape index (κ3) is 7.05. The lowest BCUT2D eigenvalue weighted by molar-refractivity contribution is -0.126. The van der Waals surface area contributed by atoms with Crippen LogP contribution in [-0.2, 0) is 16.0 Å². The maximum absolute atomic E-state index is 12.5. The number of likely N-dealkylation sites (tertiary alicyclic amines) is 1. The van der Waals surface area contributed by atoms with Crippen molar-refractivity contribution in [1.29, 1.82) is 0 Å². The number of anilines is 1. The Bertz CT molecular complexity index is 986. The van der Waals surface area contributed by atoms with E-state index in [0.717, 1.165) is 29.8 Å². The fourth-order valence-electron chi connectivity index (χ4n) is 3.56. The minimum absolute atomic E-state index is 0.00202. The summed E-state index contributed by atoms with van der Waals surface area (Å²) in [4.78, 5) is 35.0. The number of aromatic nitrogens is 3. The van der Waals surface area contributed by atoms with Gasteiger partial charge >= 0.3 is 0 Å². The molecule has 2 aliphatic heterocycles. The standard InChI is InChI=1S/C21H23N5O2S.2C2H6/c1-21(2)11-16-9-15(12-22-19(16)24-20(21)28)3-4-18(27)26-7-5-14(6-8-26)10-17-23-13-29-25-17;2*1-2/h3-4,9-10,12-13H,5-8,11H2,1-2H3,(H,22,24,28);2*1-2H3/b4-3+;;. The Kier molecular flexibility index (Phi) is 9.91. The van der Waals surface area contributed by atoms with Crippen LogP contribution in [-0.4, -0.2) is 44.1 Å². The van der Waals surface area contributed by atoms with Gasteiger partial charge in [0.15, 0.2) is 5.82 Å². The molecule has 0 radical (unpaired) electrons. The Balaban J connectivity index is 0.000000914. The van der Waals surface area contributed by atoms with Gasteiger partial charge in [0.05, 0.1) is 0 Å². The highest BCUT2D eigenvalue weighted by Gasteiger charge is 2.34. The Morgan fingerprint density at radius 1 is 1.15 bits per heavy atom. The van der Waals surface area contributed by atoms with Crippen LogP contribution >= 0.6 is 11.5 Å². The number of amides is 2. The molecule has 1 N–H and O–H groups in total. The molecule has 0 aromatic carbocycles. The van der Waals surface area contributed by atoms with E-state index in [0.29, 0.717) is 25.3 Å². The summed E-state index contributed by atoms with van der Waals surface area (Å²) in [6.45, 7) is 13.2. The van der Waals surface area contributed by atoms with Crippen molar-refractivity contribution >= 4 is 41.3 Å². The fraction of sp³-hybridized carbons (Fsp3) is 0.480. The molecule has 178 valence electrons. The lowest BCUT2D eigenvalue weighted by Gasteiger charge is -2.29. The molecule has 2 amide bonds. The maximum atomic E-state index is 12.5. The van der Waals surface area contributed by atoms with Crippen LogP contribution in [0.1, 0.15) is 71.3 Å². The second kappa shape index (κ2) is 12.4. The molecule has 0 bridgehead atoms. The molecule has 7 nitrogen and oxygen atoms in total. The molecule has 2 aromatic rings. The zero-order valence-corrected chi connectivity index (χ0v) is 21.3. The highest BCUT2D eigenvalue weighted by molar-refractivity contribution is 7.03. The molecule has 4 heterocycles. The van der Waals surface area contributed by atoms with Crippen LogP contribution in [0.5, 0.6) is 0 Å². The average Bonchev–Trinajstić information content (AvgIpc) is 3.34. The average molecular weight is 470 g/mol.